The quantitative estimate of drug-likeness (QED) is 0.365. The maximum Gasteiger partial charge on any atom is 0.143 e. The Morgan fingerprint density at radius 1 is 1.38 bits per heavy atom. The molecule has 1 aromatic carbocycles. The summed E-state index contributed by atoms with van der Waals surface area (Å²) in [5, 5.41) is 11.5. The lowest BCUT2D eigenvalue weighted by Gasteiger charge is -2.32. The predicted octanol–water partition coefficient (Wildman–Crippen LogP) is 2.23. The van der Waals surface area contributed by atoms with Crippen LogP contribution >= 0.6 is 0 Å². The van der Waals surface area contributed by atoms with Crippen LogP contribution in [0.2, 0.25) is 0 Å². The van der Waals surface area contributed by atoms with Gasteiger partial charge in [0.05, 0.1) is 6.61 Å². The Hall–Kier alpha value is -1.75. The molecule has 5 nitrogen and oxygen atoms in total. The summed E-state index contributed by atoms with van der Waals surface area (Å²) >= 11 is 0. The zero-order valence-electron chi connectivity index (χ0n) is 12.7. The van der Waals surface area contributed by atoms with Gasteiger partial charge in [0.15, 0.2) is 0 Å². The number of ether oxygens (including phenoxy) is 1. The Morgan fingerprint density at radius 2 is 2.14 bits per heavy atom. The van der Waals surface area contributed by atoms with E-state index in [0.717, 1.165) is 24.3 Å². The van der Waals surface area contributed by atoms with Crippen molar-refractivity contribution < 1.29 is 9.94 Å². The van der Waals surface area contributed by atoms with Crippen LogP contribution in [-0.4, -0.2) is 42.2 Å². The van der Waals surface area contributed by atoms with Crippen molar-refractivity contribution in [1.82, 2.24) is 4.90 Å². The van der Waals surface area contributed by atoms with Gasteiger partial charge in [-0.1, -0.05) is 23.7 Å². The molecule has 0 bridgehead atoms. The van der Waals surface area contributed by atoms with Crippen LogP contribution in [0.3, 0.4) is 0 Å². The Balaban J connectivity index is 1.75. The van der Waals surface area contributed by atoms with Crippen molar-refractivity contribution in [3.8, 4) is 5.75 Å². The van der Waals surface area contributed by atoms with Gasteiger partial charge in [-0.2, -0.15) is 0 Å². The fourth-order valence-electron chi connectivity index (χ4n) is 2.77. The lowest BCUT2D eigenvalue weighted by Crippen LogP contribution is -2.37. The molecule has 0 amide bonds. The maximum absolute atomic E-state index is 8.55. The van der Waals surface area contributed by atoms with E-state index in [1.54, 1.807) is 0 Å². The summed E-state index contributed by atoms with van der Waals surface area (Å²) in [5.74, 6) is 1.08. The summed E-state index contributed by atoms with van der Waals surface area (Å²) < 4.78 is 5.81. The molecule has 3 N–H and O–H groups in total. The van der Waals surface area contributed by atoms with E-state index in [2.05, 4.69) is 17.1 Å². The van der Waals surface area contributed by atoms with Crippen molar-refractivity contribution in [3.63, 3.8) is 0 Å². The zero-order valence-corrected chi connectivity index (χ0v) is 12.7. The van der Waals surface area contributed by atoms with E-state index in [9.17, 15) is 0 Å². The Bertz CT molecular complexity index is 459. The van der Waals surface area contributed by atoms with E-state index in [1.165, 1.54) is 25.8 Å². The third kappa shape index (κ3) is 4.93. The van der Waals surface area contributed by atoms with Crippen LogP contribution in [0.4, 0.5) is 0 Å². The average molecular weight is 291 g/mol. The first-order chi connectivity index (χ1) is 10.2. The maximum atomic E-state index is 8.55. The highest BCUT2D eigenvalue weighted by Gasteiger charge is 2.18. The van der Waals surface area contributed by atoms with Gasteiger partial charge in [-0.15, -0.1) is 0 Å². The highest BCUT2D eigenvalue weighted by molar-refractivity contribution is 5.82. The van der Waals surface area contributed by atoms with E-state index in [1.807, 2.05) is 24.3 Å². The molecule has 0 spiro atoms. The minimum atomic E-state index is 0.212. The molecule has 1 heterocycles. The van der Waals surface area contributed by atoms with Crippen molar-refractivity contribution in [2.45, 2.75) is 38.1 Å². The van der Waals surface area contributed by atoms with Gasteiger partial charge in [0, 0.05) is 12.5 Å². The average Bonchev–Trinajstić information content (AvgIpc) is 2.51. The fourth-order valence-corrected chi connectivity index (χ4v) is 2.77. The largest absolute Gasteiger partial charge is 0.494 e. The van der Waals surface area contributed by atoms with Crippen LogP contribution in [0.15, 0.2) is 29.4 Å². The smallest absolute Gasteiger partial charge is 0.143 e. The van der Waals surface area contributed by atoms with Crippen molar-refractivity contribution in [2.75, 3.05) is 20.2 Å². The zero-order chi connectivity index (χ0) is 15.1. The molecule has 0 aromatic heterocycles. The number of amidine groups is 1. The summed E-state index contributed by atoms with van der Waals surface area (Å²) in [6.45, 7) is 1.95. The number of rotatable bonds is 6. The molecule has 0 saturated carbocycles. The van der Waals surface area contributed by atoms with E-state index in [0.29, 0.717) is 12.5 Å². The molecule has 1 aliphatic rings. The molecule has 116 valence electrons. The molecular formula is C16H25N3O2. The second kappa shape index (κ2) is 7.88. The SMILES string of the molecule is CN1CCCCC1CCOc1ccc(C/C(N)=N/O)cc1. The molecule has 1 saturated heterocycles. The normalized spacial score (nSPS) is 20.4. The van der Waals surface area contributed by atoms with Crippen molar-refractivity contribution in [1.29, 1.82) is 0 Å². The van der Waals surface area contributed by atoms with Gasteiger partial charge < -0.3 is 20.6 Å². The second-order valence-electron chi connectivity index (χ2n) is 5.68. The van der Waals surface area contributed by atoms with Gasteiger partial charge in [0.25, 0.3) is 0 Å². The number of hydrogen-bond acceptors (Lipinski definition) is 4. The molecule has 21 heavy (non-hydrogen) atoms. The minimum Gasteiger partial charge on any atom is -0.494 e. The molecule has 1 fully saturated rings. The van der Waals surface area contributed by atoms with Crippen LogP contribution in [-0.2, 0) is 6.42 Å². The summed E-state index contributed by atoms with van der Waals surface area (Å²) in [6, 6.07) is 8.41. The van der Waals surface area contributed by atoms with Gasteiger partial charge >= 0.3 is 0 Å². The second-order valence-corrected chi connectivity index (χ2v) is 5.68. The van der Waals surface area contributed by atoms with E-state index < -0.39 is 0 Å². The molecule has 1 atom stereocenters. The van der Waals surface area contributed by atoms with Gasteiger partial charge in [-0.25, -0.2) is 0 Å². The Kier molecular flexibility index (Phi) is 5.87. The van der Waals surface area contributed by atoms with E-state index >= 15 is 0 Å². The third-order valence-corrected chi connectivity index (χ3v) is 4.08. The highest BCUT2D eigenvalue weighted by atomic mass is 16.5. The van der Waals surface area contributed by atoms with Gasteiger partial charge in [0.1, 0.15) is 11.6 Å². The Labute approximate surface area is 126 Å². The lowest BCUT2D eigenvalue weighted by molar-refractivity contribution is 0.153. The molecular weight excluding hydrogens is 266 g/mol. The molecule has 0 radical (unpaired) electrons. The number of nitrogens with two attached hydrogens (primary N) is 1. The summed E-state index contributed by atoms with van der Waals surface area (Å²) in [6.07, 6.45) is 5.44. The number of oxime groups is 1. The summed E-state index contributed by atoms with van der Waals surface area (Å²) in [7, 11) is 2.20. The number of nitrogens with zero attached hydrogens (tertiary/aromatic N) is 2. The number of hydrogen-bond donors (Lipinski definition) is 2. The van der Waals surface area contributed by atoms with Gasteiger partial charge in [-0.05, 0) is 50.6 Å². The van der Waals surface area contributed by atoms with Gasteiger partial charge in [0.2, 0.25) is 0 Å². The van der Waals surface area contributed by atoms with Crippen LogP contribution in [0.1, 0.15) is 31.2 Å². The molecule has 1 aliphatic heterocycles. The monoisotopic (exact) mass is 291 g/mol. The first-order valence-corrected chi connectivity index (χ1v) is 7.57. The lowest BCUT2D eigenvalue weighted by atomic mass is 10.0. The predicted molar refractivity (Wildman–Crippen MR) is 83.9 cm³/mol. The van der Waals surface area contributed by atoms with Crippen LogP contribution in [0.25, 0.3) is 0 Å². The van der Waals surface area contributed by atoms with Crippen molar-refractivity contribution in [3.05, 3.63) is 29.8 Å². The first-order valence-electron chi connectivity index (χ1n) is 7.57. The first kappa shape index (κ1) is 15.6. The van der Waals surface area contributed by atoms with E-state index in [-0.39, 0.29) is 5.84 Å². The fraction of sp³-hybridized carbons (Fsp3) is 0.562. The molecule has 2 rings (SSSR count). The topological polar surface area (TPSA) is 71.1 Å². The summed E-state index contributed by atoms with van der Waals surface area (Å²) in [4.78, 5) is 2.44. The molecule has 1 aromatic rings. The standard InChI is InChI=1S/C16H25N3O2/c1-19-10-3-2-4-14(19)9-11-21-15-7-5-13(6-8-15)12-16(17)18-20/h5-8,14,20H,2-4,9-12H2,1H3,(H2,17,18). The van der Waals surface area contributed by atoms with Crippen LogP contribution in [0, 0.1) is 0 Å². The van der Waals surface area contributed by atoms with E-state index in [4.69, 9.17) is 15.7 Å². The highest BCUT2D eigenvalue weighted by Crippen LogP contribution is 2.19. The number of benzene rings is 1. The molecule has 0 aliphatic carbocycles. The summed E-state index contributed by atoms with van der Waals surface area (Å²) in [5.41, 5.74) is 6.49. The van der Waals surface area contributed by atoms with Gasteiger partial charge in [-0.3, -0.25) is 0 Å². The number of likely N-dealkylation sites (tertiary alicyclic amines) is 1. The molecule has 5 heteroatoms. The minimum absolute atomic E-state index is 0.212. The van der Waals surface area contributed by atoms with Crippen molar-refractivity contribution >= 4 is 5.84 Å². The van der Waals surface area contributed by atoms with Crippen LogP contribution < -0.4 is 10.5 Å². The third-order valence-electron chi connectivity index (χ3n) is 4.08. The molecule has 1 unspecified atom stereocenters. The van der Waals surface area contributed by atoms with Crippen molar-refractivity contribution in [2.24, 2.45) is 10.9 Å². The Morgan fingerprint density at radius 3 is 2.81 bits per heavy atom. The van der Waals surface area contributed by atoms with Crippen LogP contribution in [0.5, 0.6) is 5.75 Å². The number of piperidine rings is 1.